The third-order valence-electron chi connectivity index (χ3n) is 4.46. The zero-order valence-electron chi connectivity index (χ0n) is 14.1. The van der Waals surface area contributed by atoms with Crippen LogP contribution in [0.2, 0.25) is 0 Å². The molecule has 6 heteroatoms. The minimum Gasteiger partial charge on any atom is -0.383 e. The SMILES string of the molecule is Cn1nc(Cc2ccc(F)cc2)c(-c2nc3ccccc3n2C)c1N. The third-order valence-corrected chi connectivity index (χ3v) is 4.46. The van der Waals surface area contributed by atoms with Crippen LogP contribution in [0.5, 0.6) is 0 Å². The maximum Gasteiger partial charge on any atom is 0.146 e. The minimum atomic E-state index is -0.250. The maximum atomic E-state index is 13.2. The van der Waals surface area contributed by atoms with E-state index < -0.39 is 0 Å². The molecule has 0 unspecified atom stereocenters. The molecule has 2 N–H and O–H groups in total. The second-order valence-corrected chi connectivity index (χ2v) is 6.12. The van der Waals surface area contributed by atoms with Gasteiger partial charge in [-0.1, -0.05) is 24.3 Å². The van der Waals surface area contributed by atoms with E-state index in [1.54, 1.807) is 16.8 Å². The lowest BCUT2D eigenvalue weighted by molar-refractivity contribution is 0.627. The second kappa shape index (κ2) is 5.73. The van der Waals surface area contributed by atoms with Crippen molar-refractivity contribution >= 4 is 16.9 Å². The van der Waals surface area contributed by atoms with E-state index in [0.717, 1.165) is 33.7 Å². The Hall–Kier alpha value is -3.15. The van der Waals surface area contributed by atoms with Crippen LogP contribution < -0.4 is 5.73 Å². The number of nitrogens with zero attached hydrogens (tertiary/aromatic N) is 4. The summed E-state index contributed by atoms with van der Waals surface area (Å²) >= 11 is 0. The Labute approximate surface area is 144 Å². The number of imidazole rings is 1. The molecule has 25 heavy (non-hydrogen) atoms. The monoisotopic (exact) mass is 335 g/mol. The van der Waals surface area contributed by atoms with Gasteiger partial charge in [0, 0.05) is 20.5 Å². The van der Waals surface area contributed by atoms with Gasteiger partial charge in [0.2, 0.25) is 0 Å². The number of nitrogens with two attached hydrogens (primary N) is 1. The molecule has 4 aromatic rings. The maximum absolute atomic E-state index is 13.2. The molecule has 0 atom stereocenters. The van der Waals surface area contributed by atoms with Crippen LogP contribution >= 0.6 is 0 Å². The topological polar surface area (TPSA) is 61.7 Å². The molecule has 0 aliphatic rings. The largest absolute Gasteiger partial charge is 0.383 e. The smallest absolute Gasteiger partial charge is 0.146 e. The molecule has 0 aliphatic carbocycles. The number of benzene rings is 2. The average molecular weight is 335 g/mol. The van der Waals surface area contributed by atoms with Crippen LogP contribution in [-0.2, 0) is 20.5 Å². The van der Waals surface area contributed by atoms with E-state index in [-0.39, 0.29) is 5.82 Å². The normalized spacial score (nSPS) is 11.3. The summed E-state index contributed by atoms with van der Waals surface area (Å²) in [5.74, 6) is 1.10. The molecule has 5 nitrogen and oxygen atoms in total. The predicted molar refractivity (Wildman–Crippen MR) is 96.5 cm³/mol. The van der Waals surface area contributed by atoms with E-state index in [9.17, 15) is 4.39 Å². The number of rotatable bonds is 3. The van der Waals surface area contributed by atoms with Crippen LogP contribution in [0.1, 0.15) is 11.3 Å². The zero-order chi connectivity index (χ0) is 17.6. The lowest BCUT2D eigenvalue weighted by atomic mass is 10.1. The first-order chi connectivity index (χ1) is 12.0. The van der Waals surface area contributed by atoms with Gasteiger partial charge < -0.3 is 10.3 Å². The van der Waals surface area contributed by atoms with Gasteiger partial charge in [0.1, 0.15) is 17.5 Å². The molecule has 0 spiro atoms. The first-order valence-electron chi connectivity index (χ1n) is 8.02. The summed E-state index contributed by atoms with van der Waals surface area (Å²) in [7, 11) is 3.79. The Kier molecular flexibility index (Phi) is 3.53. The van der Waals surface area contributed by atoms with Gasteiger partial charge in [-0.05, 0) is 29.8 Å². The van der Waals surface area contributed by atoms with E-state index in [4.69, 9.17) is 10.7 Å². The summed E-state index contributed by atoms with van der Waals surface area (Å²) in [5.41, 5.74) is 10.9. The minimum absolute atomic E-state index is 0.250. The molecule has 2 aromatic carbocycles. The molecule has 2 heterocycles. The Morgan fingerprint density at radius 2 is 1.76 bits per heavy atom. The second-order valence-electron chi connectivity index (χ2n) is 6.12. The molecule has 0 aliphatic heterocycles. The first kappa shape index (κ1) is 15.4. The van der Waals surface area contributed by atoms with Crippen molar-refractivity contribution in [3.8, 4) is 11.4 Å². The summed E-state index contributed by atoms with van der Waals surface area (Å²) in [5, 5.41) is 4.56. The van der Waals surface area contributed by atoms with Crippen LogP contribution in [0.25, 0.3) is 22.4 Å². The average Bonchev–Trinajstić information content (AvgIpc) is 3.07. The number of nitrogen functional groups attached to an aromatic ring is 1. The molecule has 0 amide bonds. The number of para-hydroxylation sites is 2. The van der Waals surface area contributed by atoms with E-state index in [2.05, 4.69) is 5.10 Å². The van der Waals surface area contributed by atoms with Crippen molar-refractivity contribution in [2.24, 2.45) is 14.1 Å². The molecule has 0 fully saturated rings. The van der Waals surface area contributed by atoms with E-state index in [1.807, 2.05) is 42.9 Å². The third kappa shape index (κ3) is 2.55. The number of hydrogen-bond donors (Lipinski definition) is 1. The Morgan fingerprint density at radius 3 is 2.48 bits per heavy atom. The fraction of sp³-hybridized carbons (Fsp3) is 0.158. The summed E-state index contributed by atoms with van der Waals surface area (Å²) in [6.07, 6.45) is 0.559. The van der Waals surface area contributed by atoms with Crippen LogP contribution in [0.15, 0.2) is 48.5 Å². The van der Waals surface area contributed by atoms with Gasteiger partial charge in [0.05, 0.1) is 22.3 Å². The Morgan fingerprint density at radius 1 is 1.04 bits per heavy atom. The van der Waals surface area contributed by atoms with Crippen molar-refractivity contribution in [3.63, 3.8) is 0 Å². The highest BCUT2D eigenvalue weighted by molar-refractivity contribution is 5.83. The number of fused-ring (bicyclic) bond motifs is 1. The molecule has 2 aromatic heterocycles. The summed E-state index contributed by atoms with van der Waals surface area (Å²) in [6, 6.07) is 14.4. The number of aromatic nitrogens is 4. The summed E-state index contributed by atoms with van der Waals surface area (Å²) in [4.78, 5) is 4.74. The molecule has 0 radical (unpaired) electrons. The molecule has 0 bridgehead atoms. The zero-order valence-corrected chi connectivity index (χ0v) is 14.1. The first-order valence-corrected chi connectivity index (χ1v) is 8.02. The van der Waals surface area contributed by atoms with Crippen molar-refractivity contribution in [1.82, 2.24) is 19.3 Å². The van der Waals surface area contributed by atoms with Gasteiger partial charge in [-0.3, -0.25) is 4.68 Å². The lowest BCUT2D eigenvalue weighted by Crippen LogP contribution is -2.00. The fourth-order valence-electron chi connectivity index (χ4n) is 3.13. The molecule has 126 valence electrons. The Balaban J connectivity index is 1.86. The molecule has 0 saturated heterocycles. The molecule has 0 saturated carbocycles. The van der Waals surface area contributed by atoms with Gasteiger partial charge >= 0.3 is 0 Å². The van der Waals surface area contributed by atoms with Gasteiger partial charge in [0.15, 0.2) is 0 Å². The van der Waals surface area contributed by atoms with Gasteiger partial charge in [-0.2, -0.15) is 5.10 Å². The van der Waals surface area contributed by atoms with Crippen LogP contribution in [-0.4, -0.2) is 19.3 Å². The highest BCUT2D eigenvalue weighted by atomic mass is 19.1. The highest BCUT2D eigenvalue weighted by Gasteiger charge is 2.21. The fourth-order valence-corrected chi connectivity index (χ4v) is 3.13. The highest BCUT2D eigenvalue weighted by Crippen LogP contribution is 2.32. The summed E-state index contributed by atoms with van der Waals surface area (Å²) in [6.45, 7) is 0. The van der Waals surface area contributed by atoms with Crippen molar-refractivity contribution in [2.45, 2.75) is 6.42 Å². The molecular weight excluding hydrogens is 317 g/mol. The number of hydrogen-bond acceptors (Lipinski definition) is 3. The number of aryl methyl sites for hydroxylation is 2. The molecule has 4 rings (SSSR count). The Bertz CT molecular complexity index is 1060. The van der Waals surface area contributed by atoms with Crippen LogP contribution in [0, 0.1) is 5.82 Å². The van der Waals surface area contributed by atoms with Crippen molar-refractivity contribution in [2.75, 3.05) is 5.73 Å². The van der Waals surface area contributed by atoms with Crippen molar-refractivity contribution in [3.05, 3.63) is 65.6 Å². The van der Waals surface area contributed by atoms with E-state index in [1.165, 1.54) is 12.1 Å². The quantitative estimate of drug-likeness (QED) is 0.625. The van der Waals surface area contributed by atoms with E-state index in [0.29, 0.717) is 12.2 Å². The van der Waals surface area contributed by atoms with Gasteiger partial charge in [0.25, 0.3) is 0 Å². The van der Waals surface area contributed by atoms with Crippen LogP contribution in [0.4, 0.5) is 10.2 Å². The van der Waals surface area contributed by atoms with Crippen molar-refractivity contribution < 1.29 is 4.39 Å². The number of anilines is 1. The van der Waals surface area contributed by atoms with Crippen molar-refractivity contribution in [1.29, 1.82) is 0 Å². The predicted octanol–water partition coefficient (Wildman–Crippen LogP) is 3.29. The lowest BCUT2D eigenvalue weighted by Gasteiger charge is -2.05. The van der Waals surface area contributed by atoms with Gasteiger partial charge in [-0.15, -0.1) is 0 Å². The van der Waals surface area contributed by atoms with E-state index >= 15 is 0 Å². The summed E-state index contributed by atoms with van der Waals surface area (Å²) < 4.78 is 16.8. The van der Waals surface area contributed by atoms with Gasteiger partial charge in [-0.25, -0.2) is 9.37 Å². The standard InChI is InChI=1S/C19H18FN5/c1-24-16-6-4-3-5-14(16)22-19(24)17-15(23-25(2)18(17)21)11-12-7-9-13(20)10-8-12/h3-10H,11,21H2,1-2H3. The number of halogens is 1. The van der Waals surface area contributed by atoms with Crippen LogP contribution in [0.3, 0.4) is 0 Å². The molecular formula is C19H18FN5.